The first kappa shape index (κ1) is 14.7. The molecule has 110 valence electrons. The summed E-state index contributed by atoms with van der Waals surface area (Å²) in [7, 11) is 3.17. The molecule has 0 spiro atoms. The van der Waals surface area contributed by atoms with Crippen molar-refractivity contribution in [3.8, 4) is 0 Å². The number of hydrogen-bond acceptors (Lipinski definition) is 5. The first-order valence-corrected chi connectivity index (χ1v) is 6.65. The molecule has 1 aromatic heterocycles. The van der Waals surface area contributed by atoms with Gasteiger partial charge in [0.2, 0.25) is 5.91 Å². The standard InChI is InChI=1S/C14H21N3O3/c1-16(13(18)9-20-2)10-14(19)6-8-17(11-14)12-5-3-4-7-15-12/h3-5,7,19H,6,8-11H2,1-2H3/t14-/m0/s1. The van der Waals surface area contributed by atoms with Crippen LogP contribution in [0.15, 0.2) is 24.4 Å². The molecule has 0 bridgehead atoms. The Balaban J connectivity index is 1.95. The topological polar surface area (TPSA) is 65.9 Å². The van der Waals surface area contributed by atoms with Crippen molar-refractivity contribution in [1.82, 2.24) is 9.88 Å². The Morgan fingerprint density at radius 3 is 3.05 bits per heavy atom. The molecule has 0 unspecified atom stereocenters. The van der Waals surface area contributed by atoms with Crippen molar-refractivity contribution < 1.29 is 14.6 Å². The Bertz CT molecular complexity index is 454. The van der Waals surface area contributed by atoms with Gasteiger partial charge in [0, 0.05) is 33.4 Å². The van der Waals surface area contributed by atoms with Crippen LogP contribution in [0, 0.1) is 0 Å². The average Bonchev–Trinajstić information content (AvgIpc) is 2.82. The van der Waals surface area contributed by atoms with Crippen molar-refractivity contribution >= 4 is 11.7 Å². The minimum atomic E-state index is -0.893. The van der Waals surface area contributed by atoms with E-state index in [2.05, 4.69) is 4.98 Å². The molecule has 1 atom stereocenters. The number of nitrogens with zero attached hydrogens (tertiary/aromatic N) is 3. The quantitative estimate of drug-likeness (QED) is 0.830. The van der Waals surface area contributed by atoms with E-state index in [1.807, 2.05) is 23.1 Å². The second kappa shape index (κ2) is 6.19. The number of aromatic nitrogens is 1. The van der Waals surface area contributed by atoms with E-state index in [1.165, 1.54) is 12.0 Å². The van der Waals surface area contributed by atoms with Gasteiger partial charge in [-0.15, -0.1) is 0 Å². The highest BCUT2D eigenvalue weighted by Crippen LogP contribution is 2.25. The fraction of sp³-hybridized carbons (Fsp3) is 0.571. The van der Waals surface area contributed by atoms with Crippen molar-refractivity contribution in [2.75, 3.05) is 45.3 Å². The molecule has 20 heavy (non-hydrogen) atoms. The van der Waals surface area contributed by atoms with Gasteiger partial charge in [0.05, 0.1) is 6.54 Å². The van der Waals surface area contributed by atoms with Gasteiger partial charge in [0.1, 0.15) is 18.0 Å². The number of carbonyl (C=O) groups is 1. The van der Waals surface area contributed by atoms with Crippen molar-refractivity contribution in [3.63, 3.8) is 0 Å². The van der Waals surface area contributed by atoms with Gasteiger partial charge in [0.25, 0.3) is 0 Å². The van der Waals surface area contributed by atoms with E-state index in [0.29, 0.717) is 19.5 Å². The maximum atomic E-state index is 11.7. The van der Waals surface area contributed by atoms with E-state index >= 15 is 0 Å². The van der Waals surface area contributed by atoms with Crippen LogP contribution in [0.5, 0.6) is 0 Å². The molecule has 1 aromatic rings. The molecule has 1 amide bonds. The van der Waals surface area contributed by atoms with E-state index in [-0.39, 0.29) is 12.5 Å². The van der Waals surface area contributed by atoms with Gasteiger partial charge in [-0.3, -0.25) is 4.79 Å². The zero-order valence-corrected chi connectivity index (χ0v) is 12.0. The summed E-state index contributed by atoms with van der Waals surface area (Å²) in [5, 5.41) is 10.6. The van der Waals surface area contributed by atoms with Gasteiger partial charge < -0.3 is 19.6 Å². The second-order valence-corrected chi connectivity index (χ2v) is 5.27. The number of methoxy groups -OCH3 is 1. The number of rotatable bonds is 5. The molecule has 1 saturated heterocycles. The van der Waals surface area contributed by atoms with E-state index in [1.54, 1.807) is 13.2 Å². The third kappa shape index (κ3) is 3.46. The Kier molecular flexibility index (Phi) is 4.57. The van der Waals surface area contributed by atoms with Crippen LogP contribution in [0.3, 0.4) is 0 Å². The molecule has 0 aromatic carbocycles. The minimum Gasteiger partial charge on any atom is -0.386 e. The molecule has 0 saturated carbocycles. The lowest BCUT2D eigenvalue weighted by atomic mass is 10.0. The van der Waals surface area contributed by atoms with E-state index in [0.717, 1.165) is 12.4 Å². The molecule has 0 aliphatic carbocycles. The zero-order chi connectivity index (χ0) is 14.6. The van der Waals surface area contributed by atoms with Crippen LogP contribution in [0.2, 0.25) is 0 Å². The first-order valence-electron chi connectivity index (χ1n) is 6.65. The van der Waals surface area contributed by atoms with E-state index < -0.39 is 5.60 Å². The predicted octanol–water partition coefficient (Wildman–Crippen LogP) is 0.128. The molecule has 1 fully saturated rings. The Hall–Kier alpha value is -1.66. The summed E-state index contributed by atoms with van der Waals surface area (Å²) in [5.41, 5.74) is -0.893. The lowest BCUT2D eigenvalue weighted by Gasteiger charge is -2.29. The van der Waals surface area contributed by atoms with Crippen molar-refractivity contribution in [2.45, 2.75) is 12.0 Å². The van der Waals surface area contributed by atoms with Crippen LogP contribution in [-0.4, -0.2) is 66.9 Å². The monoisotopic (exact) mass is 279 g/mol. The van der Waals surface area contributed by atoms with Gasteiger partial charge >= 0.3 is 0 Å². The number of pyridine rings is 1. The second-order valence-electron chi connectivity index (χ2n) is 5.27. The van der Waals surface area contributed by atoms with E-state index in [9.17, 15) is 9.90 Å². The molecule has 6 nitrogen and oxygen atoms in total. The minimum absolute atomic E-state index is 0.0382. The van der Waals surface area contributed by atoms with Crippen LogP contribution < -0.4 is 4.90 Å². The fourth-order valence-electron chi connectivity index (χ4n) is 2.49. The van der Waals surface area contributed by atoms with Gasteiger partial charge in [-0.25, -0.2) is 4.98 Å². The average molecular weight is 279 g/mol. The first-order chi connectivity index (χ1) is 9.54. The molecular weight excluding hydrogens is 258 g/mol. The van der Waals surface area contributed by atoms with Crippen LogP contribution in [0.25, 0.3) is 0 Å². The van der Waals surface area contributed by atoms with Crippen LogP contribution in [0.4, 0.5) is 5.82 Å². The summed E-state index contributed by atoms with van der Waals surface area (Å²) in [6.45, 7) is 1.56. The fourth-order valence-corrected chi connectivity index (χ4v) is 2.49. The highest BCUT2D eigenvalue weighted by molar-refractivity contribution is 5.77. The smallest absolute Gasteiger partial charge is 0.248 e. The highest BCUT2D eigenvalue weighted by atomic mass is 16.5. The predicted molar refractivity (Wildman–Crippen MR) is 75.5 cm³/mol. The Morgan fingerprint density at radius 2 is 2.40 bits per heavy atom. The molecule has 1 N–H and O–H groups in total. The Morgan fingerprint density at radius 1 is 1.60 bits per heavy atom. The maximum Gasteiger partial charge on any atom is 0.248 e. The SMILES string of the molecule is COCC(=O)N(C)C[C@@]1(O)CCN(c2ccccn2)C1. The number of carbonyl (C=O) groups excluding carboxylic acids is 1. The van der Waals surface area contributed by atoms with Gasteiger partial charge in [-0.2, -0.15) is 0 Å². The summed E-state index contributed by atoms with van der Waals surface area (Å²) in [6, 6.07) is 5.71. The molecule has 2 rings (SSSR count). The van der Waals surface area contributed by atoms with Gasteiger partial charge in [0.15, 0.2) is 0 Å². The number of likely N-dealkylation sites (N-methyl/N-ethyl adjacent to an activating group) is 1. The molecular formula is C14H21N3O3. The molecule has 1 aliphatic heterocycles. The summed E-state index contributed by atoms with van der Waals surface area (Å²) < 4.78 is 4.82. The molecule has 6 heteroatoms. The zero-order valence-electron chi connectivity index (χ0n) is 12.0. The van der Waals surface area contributed by atoms with Gasteiger partial charge in [-0.1, -0.05) is 6.07 Å². The lowest BCUT2D eigenvalue weighted by molar-refractivity contribution is -0.136. The van der Waals surface area contributed by atoms with Crippen LogP contribution in [-0.2, 0) is 9.53 Å². The number of β-amino-alcohol motifs (C(OH)–C–C–N with tert-alkyl or cyclic N) is 1. The largest absolute Gasteiger partial charge is 0.386 e. The summed E-state index contributed by atoms with van der Waals surface area (Å²) >= 11 is 0. The summed E-state index contributed by atoms with van der Waals surface area (Å²) in [5.74, 6) is 0.728. The number of aliphatic hydroxyl groups is 1. The van der Waals surface area contributed by atoms with E-state index in [4.69, 9.17) is 4.74 Å². The maximum absolute atomic E-state index is 11.7. The summed E-state index contributed by atoms with van der Waals surface area (Å²) in [6.07, 6.45) is 2.36. The lowest BCUT2D eigenvalue weighted by Crippen LogP contribution is -2.46. The highest BCUT2D eigenvalue weighted by Gasteiger charge is 2.38. The number of amides is 1. The number of hydrogen-bond donors (Lipinski definition) is 1. The van der Waals surface area contributed by atoms with Crippen molar-refractivity contribution in [3.05, 3.63) is 24.4 Å². The van der Waals surface area contributed by atoms with Gasteiger partial charge in [-0.05, 0) is 18.6 Å². The Labute approximate surface area is 119 Å². The number of ether oxygens (including phenoxy) is 1. The summed E-state index contributed by atoms with van der Waals surface area (Å²) in [4.78, 5) is 19.5. The molecule has 0 radical (unpaired) electrons. The normalized spacial score (nSPS) is 22.1. The number of anilines is 1. The van der Waals surface area contributed by atoms with Crippen molar-refractivity contribution in [2.24, 2.45) is 0 Å². The van der Waals surface area contributed by atoms with Crippen LogP contribution in [0.1, 0.15) is 6.42 Å². The van der Waals surface area contributed by atoms with Crippen molar-refractivity contribution in [1.29, 1.82) is 0 Å². The third-order valence-corrected chi connectivity index (χ3v) is 3.53. The van der Waals surface area contributed by atoms with Crippen LogP contribution >= 0.6 is 0 Å². The molecule has 1 aliphatic rings. The molecule has 2 heterocycles. The third-order valence-electron chi connectivity index (χ3n) is 3.53.